The van der Waals surface area contributed by atoms with Gasteiger partial charge in [0.25, 0.3) is 0 Å². The number of nitrogens with zero attached hydrogens (tertiary/aromatic N) is 2. The molecule has 1 fully saturated rings. The third-order valence-electron chi connectivity index (χ3n) is 8.42. The van der Waals surface area contributed by atoms with Crippen molar-refractivity contribution in [3.8, 4) is 0 Å². The molecule has 2 aliphatic heterocycles. The fourth-order valence-electron chi connectivity index (χ4n) is 6.97. The van der Waals surface area contributed by atoms with Gasteiger partial charge in [0.2, 0.25) is 5.60 Å². The standard InChI is InChI=1S/C27H20N2O5/c1-26-27(33,25(31)32)12-19(34-26)28-16-8-4-2-6-13(16)22-21-15(10-11-18(21)30)20-14-7-3-5-9-17(14)29(26)24(20)23(22)28/h2-9,19,33H,10-12H2,1H3,(H,31,32)/t19?,26?,27-/m0/s1. The Morgan fingerprint density at radius 3 is 2.41 bits per heavy atom. The molecule has 168 valence electrons. The number of aliphatic carboxylic acids is 1. The van der Waals surface area contributed by atoms with E-state index in [2.05, 4.69) is 0 Å². The molecule has 7 nitrogen and oxygen atoms in total. The fraction of sp³-hybridized carbons (Fsp3) is 0.259. The van der Waals surface area contributed by atoms with E-state index >= 15 is 0 Å². The molecule has 4 heterocycles. The molecule has 8 rings (SSSR count). The lowest BCUT2D eigenvalue weighted by atomic mass is 9.89. The average molecular weight is 452 g/mol. The second kappa shape index (κ2) is 5.51. The number of benzene rings is 3. The highest BCUT2D eigenvalue weighted by Crippen LogP contribution is 2.57. The van der Waals surface area contributed by atoms with Gasteiger partial charge in [0.05, 0.1) is 22.1 Å². The first kappa shape index (κ1) is 18.7. The number of ether oxygens (including phenoxy) is 1. The van der Waals surface area contributed by atoms with Gasteiger partial charge in [-0.2, -0.15) is 0 Å². The molecule has 2 unspecified atom stereocenters. The summed E-state index contributed by atoms with van der Waals surface area (Å²) >= 11 is 0. The maximum absolute atomic E-state index is 13.3. The van der Waals surface area contributed by atoms with Crippen LogP contribution in [-0.2, 0) is 21.7 Å². The quantitative estimate of drug-likeness (QED) is 0.392. The number of Topliss-reactive ketones (excluding diaryl/α,β-unsaturated/α-hetero) is 1. The van der Waals surface area contributed by atoms with E-state index in [9.17, 15) is 19.8 Å². The molecule has 1 aliphatic carbocycles. The molecular weight excluding hydrogens is 432 g/mol. The lowest BCUT2D eigenvalue weighted by molar-refractivity contribution is -0.200. The van der Waals surface area contributed by atoms with E-state index in [1.165, 1.54) is 0 Å². The van der Waals surface area contributed by atoms with Crippen molar-refractivity contribution in [3.05, 3.63) is 59.7 Å². The highest BCUT2D eigenvalue weighted by molar-refractivity contribution is 6.31. The summed E-state index contributed by atoms with van der Waals surface area (Å²) in [5.41, 5.74) is 1.45. The zero-order valence-electron chi connectivity index (χ0n) is 18.3. The van der Waals surface area contributed by atoms with E-state index in [1.54, 1.807) is 6.92 Å². The van der Waals surface area contributed by atoms with Gasteiger partial charge in [-0.3, -0.25) is 4.79 Å². The third kappa shape index (κ3) is 1.74. The minimum atomic E-state index is -2.14. The van der Waals surface area contributed by atoms with E-state index < -0.39 is 23.5 Å². The van der Waals surface area contributed by atoms with Crippen molar-refractivity contribution in [2.24, 2.45) is 0 Å². The fourth-order valence-corrected chi connectivity index (χ4v) is 6.97. The number of carboxylic acids is 1. The van der Waals surface area contributed by atoms with Gasteiger partial charge in [-0.15, -0.1) is 0 Å². The van der Waals surface area contributed by atoms with Gasteiger partial charge in [0.1, 0.15) is 6.23 Å². The molecule has 2 N–H and O–H groups in total. The smallest absolute Gasteiger partial charge is 0.341 e. The van der Waals surface area contributed by atoms with Crippen molar-refractivity contribution in [1.82, 2.24) is 9.13 Å². The molecule has 5 aromatic rings. The Kier molecular flexibility index (Phi) is 3.03. The highest BCUT2D eigenvalue weighted by Gasteiger charge is 2.65. The molecule has 0 amide bonds. The number of aliphatic hydroxyl groups is 1. The van der Waals surface area contributed by atoms with E-state index in [0.717, 1.165) is 54.7 Å². The largest absolute Gasteiger partial charge is 0.479 e. The van der Waals surface area contributed by atoms with Crippen LogP contribution in [0.15, 0.2) is 48.5 Å². The zero-order chi connectivity index (χ0) is 23.1. The Balaban J connectivity index is 1.77. The van der Waals surface area contributed by atoms with Crippen molar-refractivity contribution in [2.45, 2.75) is 43.7 Å². The van der Waals surface area contributed by atoms with Gasteiger partial charge in [-0.25, -0.2) is 4.79 Å². The summed E-state index contributed by atoms with van der Waals surface area (Å²) in [6, 6.07) is 15.7. The third-order valence-corrected chi connectivity index (χ3v) is 8.42. The molecule has 7 heteroatoms. The number of hydrogen-bond acceptors (Lipinski definition) is 4. The second-order valence-electron chi connectivity index (χ2n) is 9.89. The van der Waals surface area contributed by atoms with Crippen LogP contribution in [0.1, 0.15) is 41.9 Å². The maximum atomic E-state index is 13.3. The molecule has 34 heavy (non-hydrogen) atoms. The predicted molar refractivity (Wildman–Crippen MR) is 126 cm³/mol. The number of hydrogen-bond donors (Lipinski definition) is 2. The maximum Gasteiger partial charge on any atom is 0.341 e. The summed E-state index contributed by atoms with van der Waals surface area (Å²) in [7, 11) is 0. The lowest BCUT2D eigenvalue weighted by Crippen LogP contribution is -2.55. The van der Waals surface area contributed by atoms with Crippen LogP contribution >= 0.6 is 0 Å². The summed E-state index contributed by atoms with van der Waals surface area (Å²) in [5.74, 6) is -1.17. The van der Waals surface area contributed by atoms with Crippen molar-refractivity contribution < 1.29 is 24.5 Å². The number of rotatable bonds is 1. The number of carbonyl (C=O) groups excluding carboxylic acids is 1. The Hall–Kier alpha value is -3.68. The summed E-state index contributed by atoms with van der Waals surface area (Å²) in [5, 5.41) is 25.6. The molecule has 2 aromatic heterocycles. The van der Waals surface area contributed by atoms with Crippen LogP contribution in [-0.4, -0.2) is 36.7 Å². The van der Waals surface area contributed by atoms with E-state index in [4.69, 9.17) is 4.74 Å². The summed E-state index contributed by atoms with van der Waals surface area (Å²) in [6.45, 7) is 1.67. The Morgan fingerprint density at radius 1 is 1.00 bits per heavy atom. The first-order valence-electron chi connectivity index (χ1n) is 11.5. The SMILES string of the molecule is CC12OC(C[C@]1(O)C(=O)O)n1c3ccccc3c3c4c(c5c6ccccc6n2c5c31)CCC4=O. The van der Waals surface area contributed by atoms with Gasteiger partial charge >= 0.3 is 5.97 Å². The van der Waals surface area contributed by atoms with E-state index in [1.807, 2.05) is 57.7 Å². The van der Waals surface area contributed by atoms with Crippen molar-refractivity contribution in [3.63, 3.8) is 0 Å². The number of carbonyl (C=O) groups is 2. The van der Waals surface area contributed by atoms with E-state index in [0.29, 0.717) is 12.8 Å². The first-order valence-corrected chi connectivity index (χ1v) is 11.5. The zero-order valence-corrected chi connectivity index (χ0v) is 18.3. The summed E-state index contributed by atoms with van der Waals surface area (Å²) in [4.78, 5) is 25.8. The first-order chi connectivity index (χ1) is 16.4. The second-order valence-corrected chi connectivity index (χ2v) is 9.89. The molecule has 2 bridgehead atoms. The van der Waals surface area contributed by atoms with Crippen LogP contribution in [0.5, 0.6) is 0 Å². The Morgan fingerprint density at radius 2 is 1.68 bits per heavy atom. The number of fused-ring (bicyclic) bond motifs is 13. The van der Waals surface area contributed by atoms with Gasteiger partial charge in [-0.05, 0) is 31.0 Å². The van der Waals surface area contributed by atoms with Crippen LogP contribution in [0.4, 0.5) is 0 Å². The van der Waals surface area contributed by atoms with Gasteiger partial charge in [-0.1, -0.05) is 36.4 Å². The average Bonchev–Trinajstić information content (AvgIpc) is 3.51. The molecule has 0 saturated carbocycles. The highest BCUT2D eigenvalue weighted by atomic mass is 16.6. The predicted octanol–water partition coefficient (Wildman–Crippen LogP) is 4.45. The molecule has 0 radical (unpaired) electrons. The Labute approximate surface area is 192 Å². The number of para-hydroxylation sites is 2. The molecule has 3 aromatic carbocycles. The van der Waals surface area contributed by atoms with Crippen LogP contribution in [0, 0.1) is 0 Å². The van der Waals surface area contributed by atoms with Crippen LogP contribution < -0.4 is 0 Å². The van der Waals surface area contributed by atoms with Crippen LogP contribution in [0.2, 0.25) is 0 Å². The van der Waals surface area contributed by atoms with Gasteiger partial charge in [0, 0.05) is 39.9 Å². The van der Waals surface area contributed by atoms with Crippen molar-refractivity contribution in [1.29, 1.82) is 0 Å². The van der Waals surface area contributed by atoms with Crippen molar-refractivity contribution in [2.75, 3.05) is 0 Å². The number of aromatic nitrogens is 2. The number of carboxylic acid groups (broad SMARTS) is 1. The molecular formula is C27H20N2O5. The molecule has 3 atom stereocenters. The van der Waals surface area contributed by atoms with Gasteiger partial charge in [0.15, 0.2) is 11.5 Å². The number of ketones is 1. The molecule has 1 saturated heterocycles. The van der Waals surface area contributed by atoms with Crippen molar-refractivity contribution >= 4 is 55.4 Å². The molecule has 3 aliphatic rings. The minimum Gasteiger partial charge on any atom is -0.479 e. The van der Waals surface area contributed by atoms with Gasteiger partial charge < -0.3 is 24.1 Å². The molecule has 0 spiro atoms. The monoisotopic (exact) mass is 452 g/mol. The summed E-state index contributed by atoms with van der Waals surface area (Å²) in [6.07, 6.45) is 0.285. The summed E-state index contributed by atoms with van der Waals surface area (Å²) < 4.78 is 10.5. The van der Waals surface area contributed by atoms with E-state index in [-0.39, 0.29) is 12.2 Å². The topological polar surface area (TPSA) is 93.7 Å². The Bertz CT molecular complexity index is 1810. The van der Waals surface area contributed by atoms with Crippen LogP contribution in [0.25, 0.3) is 43.6 Å². The minimum absolute atomic E-state index is 0.106. The number of aryl methyl sites for hydroxylation is 1. The normalized spacial score (nSPS) is 27.5. The lowest BCUT2D eigenvalue weighted by Gasteiger charge is -2.36. The van der Waals surface area contributed by atoms with Crippen LogP contribution in [0.3, 0.4) is 0 Å².